The summed E-state index contributed by atoms with van der Waals surface area (Å²) in [6.45, 7) is 1.99. The van der Waals surface area contributed by atoms with Crippen molar-refractivity contribution >= 4 is 41.3 Å². The van der Waals surface area contributed by atoms with E-state index in [1.165, 1.54) is 30.0 Å². The van der Waals surface area contributed by atoms with Gasteiger partial charge in [-0.2, -0.15) is 0 Å². The van der Waals surface area contributed by atoms with Crippen LogP contribution in [0.25, 0.3) is 6.08 Å². The molecule has 2 aromatic carbocycles. The van der Waals surface area contributed by atoms with E-state index >= 15 is 0 Å². The number of aryl methyl sites for hydroxylation is 1. The fourth-order valence-corrected chi connectivity index (χ4v) is 3.28. The number of carbonyl (C=O) groups excluding carboxylic acids is 1. The van der Waals surface area contributed by atoms with Gasteiger partial charge in [0.25, 0.3) is 0 Å². The zero-order chi connectivity index (χ0) is 19.1. The normalized spacial score (nSPS) is 10.9. The van der Waals surface area contributed by atoms with Crippen LogP contribution in [-0.2, 0) is 9.59 Å². The monoisotopic (exact) mass is 393 g/mol. The van der Waals surface area contributed by atoms with Crippen LogP contribution in [0.3, 0.4) is 0 Å². The predicted octanol–water partition coefficient (Wildman–Crippen LogP) is 4.54. The molecule has 7 heteroatoms. The SMILES string of the molecule is Cc1cc(C=CC(=O)NCCC(=O)O)c(Cl)cc1Sc1ccc(F)cc1. The minimum atomic E-state index is -0.970. The number of carboxylic acids is 1. The molecule has 26 heavy (non-hydrogen) atoms. The van der Waals surface area contributed by atoms with E-state index in [1.807, 2.05) is 13.0 Å². The average Bonchev–Trinajstić information content (AvgIpc) is 2.58. The van der Waals surface area contributed by atoms with Crippen LogP contribution in [0.15, 0.2) is 52.3 Å². The lowest BCUT2D eigenvalue weighted by atomic mass is 10.1. The topological polar surface area (TPSA) is 66.4 Å². The van der Waals surface area contributed by atoms with E-state index in [-0.39, 0.29) is 24.7 Å². The maximum atomic E-state index is 13.0. The number of benzene rings is 2. The quantitative estimate of drug-likeness (QED) is 0.677. The summed E-state index contributed by atoms with van der Waals surface area (Å²) in [5.41, 5.74) is 1.65. The van der Waals surface area contributed by atoms with E-state index in [2.05, 4.69) is 5.32 Å². The highest BCUT2D eigenvalue weighted by molar-refractivity contribution is 7.99. The Hall–Kier alpha value is -2.31. The van der Waals surface area contributed by atoms with Crippen LogP contribution in [0.1, 0.15) is 17.5 Å². The van der Waals surface area contributed by atoms with Crippen molar-refractivity contribution in [2.45, 2.75) is 23.1 Å². The van der Waals surface area contributed by atoms with Gasteiger partial charge in [0.2, 0.25) is 5.91 Å². The third kappa shape index (κ3) is 6.20. The van der Waals surface area contributed by atoms with E-state index in [4.69, 9.17) is 16.7 Å². The molecule has 0 fully saturated rings. The van der Waals surface area contributed by atoms with E-state index in [9.17, 15) is 14.0 Å². The number of carboxylic acid groups (broad SMARTS) is 1. The molecule has 0 saturated heterocycles. The van der Waals surface area contributed by atoms with Gasteiger partial charge in [0.05, 0.1) is 6.42 Å². The maximum absolute atomic E-state index is 13.0. The van der Waals surface area contributed by atoms with E-state index in [1.54, 1.807) is 24.3 Å². The lowest BCUT2D eigenvalue weighted by molar-refractivity contribution is -0.136. The summed E-state index contributed by atoms with van der Waals surface area (Å²) in [6.07, 6.45) is 2.77. The molecule has 2 aromatic rings. The Morgan fingerprint density at radius 2 is 1.96 bits per heavy atom. The van der Waals surface area contributed by atoms with Crippen molar-refractivity contribution in [3.63, 3.8) is 0 Å². The van der Waals surface area contributed by atoms with E-state index in [0.29, 0.717) is 10.6 Å². The molecule has 1 amide bonds. The number of halogens is 2. The van der Waals surface area contributed by atoms with Crippen LogP contribution >= 0.6 is 23.4 Å². The molecular formula is C19H17ClFNO3S. The van der Waals surface area contributed by atoms with Crippen LogP contribution in [0.4, 0.5) is 4.39 Å². The van der Waals surface area contributed by atoms with Gasteiger partial charge >= 0.3 is 5.97 Å². The zero-order valence-corrected chi connectivity index (χ0v) is 15.5. The number of hydrogen-bond donors (Lipinski definition) is 2. The Kier molecular flexibility index (Phi) is 7.24. The Morgan fingerprint density at radius 3 is 2.62 bits per heavy atom. The number of carbonyl (C=O) groups is 2. The summed E-state index contributed by atoms with van der Waals surface area (Å²) < 4.78 is 13.0. The van der Waals surface area contributed by atoms with Crippen molar-refractivity contribution in [1.29, 1.82) is 0 Å². The molecule has 0 unspecified atom stereocenters. The largest absolute Gasteiger partial charge is 0.481 e. The second kappa shape index (κ2) is 9.40. The first kappa shape index (κ1) is 20.0. The highest BCUT2D eigenvalue weighted by atomic mass is 35.5. The Labute approximate surface area is 160 Å². The second-order valence-corrected chi connectivity index (χ2v) is 6.99. The first-order valence-corrected chi connectivity index (χ1v) is 8.96. The summed E-state index contributed by atoms with van der Waals surface area (Å²) in [7, 11) is 0. The van der Waals surface area contributed by atoms with Crippen molar-refractivity contribution in [3.05, 3.63) is 64.4 Å². The molecular weight excluding hydrogens is 377 g/mol. The number of hydrogen-bond acceptors (Lipinski definition) is 3. The summed E-state index contributed by atoms with van der Waals surface area (Å²) in [6, 6.07) is 9.85. The number of nitrogens with one attached hydrogen (secondary N) is 1. The fourth-order valence-electron chi connectivity index (χ4n) is 2.07. The minimum Gasteiger partial charge on any atom is -0.481 e. The first-order chi connectivity index (χ1) is 12.3. The lowest BCUT2D eigenvalue weighted by Crippen LogP contribution is -2.23. The minimum absolute atomic E-state index is 0.0680. The fraction of sp³-hybridized carbons (Fsp3) is 0.158. The van der Waals surface area contributed by atoms with Crippen LogP contribution in [-0.4, -0.2) is 23.5 Å². The van der Waals surface area contributed by atoms with E-state index in [0.717, 1.165) is 15.4 Å². The van der Waals surface area contributed by atoms with Crippen LogP contribution < -0.4 is 5.32 Å². The van der Waals surface area contributed by atoms with E-state index < -0.39 is 5.97 Å². The van der Waals surface area contributed by atoms with Gasteiger partial charge in [-0.05, 0) is 60.5 Å². The Bertz CT molecular complexity index is 837. The van der Waals surface area contributed by atoms with Crippen molar-refractivity contribution in [1.82, 2.24) is 5.32 Å². The van der Waals surface area contributed by atoms with Crippen LogP contribution in [0, 0.1) is 12.7 Å². The molecule has 0 heterocycles. The van der Waals surface area contributed by atoms with Crippen LogP contribution in [0.2, 0.25) is 5.02 Å². The van der Waals surface area contributed by atoms with Crippen molar-refractivity contribution in [2.75, 3.05) is 6.54 Å². The molecule has 0 radical (unpaired) electrons. The molecule has 4 nitrogen and oxygen atoms in total. The van der Waals surface area contributed by atoms with Gasteiger partial charge in [-0.15, -0.1) is 0 Å². The number of amides is 1. The highest BCUT2D eigenvalue weighted by Crippen LogP contribution is 2.34. The second-order valence-electron chi connectivity index (χ2n) is 5.46. The van der Waals surface area contributed by atoms with Gasteiger partial charge in [0.1, 0.15) is 5.82 Å². The molecule has 0 spiro atoms. The molecule has 2 rings (SSSR count). The molecule has 136 valence electrons. The highest BCUT2D eigenvalue weighted by Gasteiger charge is 2.07. The molecule has 0 atom stereocenters. The zero-order valence-electron chi connectivity index (χ0n) is 14.0. The van der Waals surface area contributed by atoms with Gasteiger partial charge in [-0.3, -0.25) is 9.59 Å². The van der Waals surface area contributed by atoms with Crippen molar-refractivity contribution < 1.29 is 19.1 Å². The smallest absolute Gasteiger partial charge is 0.305 e. The summed E-state index contributed by atoms with van der Waals surface area (Å²) >= 11 is 7.76. The molecule has 0 aliphatic heterocycles. The molecule has 0 aliphatic rings. The number of aliphatic carboxylic acids is 1. The lowest BCUT2D eigenvalue weighted by Gasteiger charge is -2.09. The van der Waals surface area contributed by atoms with Gasteiger partial charge in [-0.25, -0.2) is 4.39 Å². The first-order valence-electron chi connectivity index (χ1n) is 7.76. The van der Waals surface area contributed by atoms with Crippen LogP contribution in [0.5, 0.6) is 0 Å². The third-order valence-electron chi connectivity index (χ3n) is 3.39. The summed E-state index contributed by atoms with van der Waals surface area (Å²) in [5, 5.41) is 11.5. The Morgan fingerprint density at radius 1 is 1.27 bits per heavy atom. The Balaban J connectivity index is 2.06. The summed E-state index contributed by atoms with van der Waals surface area (Å²) in [5.74, 6) is -1.64. The van der Waals surface area contributed by atoms with Crippen molar-refractivity contribution in [2.24, 2.45) is 0 Å². The molecule has 0 aliphatic carbocycles. The average molecular weight is 394 g/mol. The van der Waals surface area contributed by atoms with Gasteiger partial charge in [0.15, 0.2) is 0 Å². The third-order valence-corrected chi connectivity index (χ3v) is 4.88. The standard InChI is InChI=1S/C19H17ClFNO3S/c1-12-10-13(2-7-18(23)22-9-8-19(24)25)16(20)11-17(12)26-15-5-3-14(21)4-6-15/h2-7,10-11H,8-9H2,1H3,(H,22,23)(H,24,25). The van der Waals surface area contributed by atoms with Crippen molar-refractivity contribution in [3.8, 4) is 0 Å². The molecule has 0 saturated carbocycles. The maximum Gasteiger partial charge on any atom is 0.305 e. The summed E-state index contributed by atoms with van der Waals surface area (Å²) in [4.78, 5) is 23.9. The van der Waals surface area contributed by atoms with Gasteiger partial charge < -0.3 is 10.4 Å². The molecule has 2 N–H and O–H groups in total. The number of rotatable bonds is 7. The molecule has 0 bridgehead atoms. The molecule has 0 aromatic heterocycles. The van der Waals surface area contributed by atoms with Gasteiger partial charge in [-0.1, -0.05) is 23.4 Å². The predicted molar refractivity (Wildman–Crippen MR) is 101 cm³/mol. The van der Waals surface area contributed by atoms with Gasteiger partial charge in [0, 0.05) is 27.4 Å².